The molecule has 0 saturated heterocycles. The normalized spacial score (nSPS) is 19.1. The van der Waals surface area contributed by atoms with E-state index in [0.29, 0.717) is 6.04 Å². The van der Waals surface area contributed by atoms with Gasteiger partial charge in [0.25, 0.3) is 0 Å². The van der Waals surface area contributed by atoms with Crippen molar-refractivity contribution in [2.24, 2.45) is 7.05 Å². The third-order valence-electron chi connectivity index (χ3n) is 3.13. The van der Waals surface area contributed by atoms with Crippen LogP contribution in [0.25, 0.3) is 0 Å². The molecule has 0 bridgehead atoms. The Morgan fingerprint density at radius 3 is 3.24 bits per heavy atom. The Labute approximate surface area is 118 Å². The van der Waals surface area contributed by atoms with E-state index in [1.807, 2.05) is 35.5 Å². The first-order valence-electron chi connectivity index (χ1n) is 5.75. The molecule has 3 nitrogen and oxygen atoms in total. The lowest BCUT2D eigenvalue weighted by molar-refractivity contribution is 0.608. The van der Waals surface area contributed by atoms with Crippen molar-refractivity contribution in [3.05, 3.63) is 31.8 Å². The smallest absolute Gasteiger partial charge is 0.0731 e. The maximum absolute atomic E-state index is 4.20. The van der Waals surface area contributed by atoms with Crippen LogP contribution in [0.3, 0.4) is 0 Å². The van der Waals surface area contributed by atoms with E-state index in [9.17, 15) is 0 Å². The van der Waals surface area contributed by atoms with Gasteiger partial charge in [0.2, 0.25) is 0 Å². The van der Waals surface area contributed by atoms with Gasteiger partial charge in [0.15, 0.2) is 0 Å². The van der Waals surface area contributed by atoms with Crippen LogP contribution in [0.4, 0.5) is 5.69 Å². The third-order valence-corrected chi connectivity index (χ3v) is 5.10. The number of aromatic nitrogens is 2. The lowest BCUT2D eigenvalue weighted by Crippen LogP contribution is -2.15. The highest BCUT2D eigenvalue weighted by Crippen LogP contribution is 2.37. The van der Waals surface area contributed by atoms with Gasteiger partial charge in [-0.3, -0.25) is 4.68 Å². The number of fused-ring (bicyclic) bond motifs is 1. The minimum absolute atomic E-state index is 0.461. The molecule has 0 spiro atoms. The van der Waals surface area contributed by atoms with Gasteiger partial charge in [0.1, 0.15) is 0 Å². The van der Waals surface area contributed by atoms with Gasteiger partial charge in [-0.15, -0.1) is 11.3 Å². The molecular weight excluding hydrogens is 345 g/mol. The Morgan fingerprint density at radius 2 is 2.47 bits per heavy atom. The molecule has 0 fully saturated rings. The number of thiophene rings is 1. The van der Waals surface area contributed by atoms with E-state index in [-0.39, 0.29) is 0 Å². The fourth-order valence-electron chi connectivity index (χ4n) is 2.37. The molecule has 2 aromatic heterocycles. The van der Waals surface area contributed by atoms with Gasteiger partial charge in [-0.25, -0.2) is 0 Å². The van der Waals surface area contributed by atoms with E-state index in [2.05, 4.69) is 39.1 Å². The van der Waals surface area contributed by atoms with Crippen LogP contribution in [-0.4, -0.2) is 9.78 Å². The van der Waals surface area contributed by atoms with Gasteiger partial charge >= 0.3 is 0 Å². The predicted molar refractivity (Wildman–Crippen MR) is 79.5 cm³/mol. The summed E-state index contributed by atoms with van der Waals surface area (Å²) in [5, 5.41) is 7.79. The van der Waals surface area contributed by atoms with Crippen molar-refractivity contribution in [3.8, 4) is 0 Å². The summed E-state index contributed by atoms with van der Waals surface area (Å²) in [5.41, 5.74) is 2.61. The minimum atomic E-state index is 0.461. The van der Waals surface area contributed by atoms with E-state index in [1.165, 1.54) is 27.7 Å². The molecular formula is C12H14IN3S. The van der Waals surface area contributed by atoms with Gasteiger partial charge in [-0.1, -0.05) is 0 Å². The second-order valence-electron chi connectivity index (χ2n) is 4.42. The zero-order valence-electron chi connectivity index (χ0n) is 9.61. The Hall–Kier alpha value is -0.560. The van der Waals surface area contributed by atoms with Crippen LogP contribution < -0.4 is 5.32 Å². The average Bonchev–Trinajstić information content (AvgIpc) is 2.84. The summed E-state index contributed by atoms with van der Waals surface area (Å²) < 4.78 is 3.23. The van der Waals surface area contributed by atoms with E-state index < -0.39 is 0 Å². The molecule has 90 valence electrons. The molecule has 17 heavy (non-hydrogen) atoms. The van der Waals surface area contributed by atoms with E-state index in [1.54, 1.807) is 4.88 Å². The Bertz CT molecular complexity index is 532. The number of aryl methyl sites for hydroxylation is 2. The number of anilines is 1. The number of halogens is 1. The van der Waals surface area contributed by atoms with Crippen LogP contribution in [0.2, 0.25) is 0 Å². The highest BCUT2D eigenvalue weighted by atomic mass is 127. The maximum atomic E-state index is 4.20. The van der Waals surface area contributed by atoms with Crippen LogP contribution >= 0.6 is 33.9 Å². The topological polar surface area (TPSA) is 29.9 Å². The molecule has 2 heterocycles. The zero-order chi connectivity index (χ0) is 11.8. The van der Waals surface area contributed by atoms with Crippen LogP contribution in [-0.2, 0) is 13.5 Å². The van der Waals surface area contributed by atoms with Crippen molar-refractivity contribution >= 4 is 39.6 Å². The van der Waals surface area contributed by atoms with Gasteiger partial charge in [-0.2, -0.15) is 5.10 Å². The molecule has 0 radical (unpaired) electrons. The van der Waals surface area contributed by atoms with Crippen molar-refractivity contribution in [3.63, 3.8) is 0 Å². The summed E-state index contributed by atoms with van der Waals surface area (Å²) in [4.78, 5) is 1.56. The number of rotatable bonds is 2. The van der Waals surface area contributed by atoms with Gasteiger partial charge < -0.3 is 5.32 Å². The molecule has 0 saturated carbocycles. The summed E-state index contributed by atoms with van der Waals surface area (Å²) >= 11 is 4.36. The molecule has 1 aliphatic carbocycles. The molecule has 0 aliphatic heterocycles. The molecule has 0 amide bonds. The van der Waals surface area contributed by atoms with Crippen molar-refractivity contribution in [2.45, 2.75) is 25.3 Å². The van der Waals surface area contributed by atoms with Crippen molar-refractivity contribution < 1.29 is 0 Å². The molecule has 2 aromatic rings. The summed E-state index contributed by atoms with van der Waals surface area (Å²) in [7, 11) is 1.95. The Morgan fingerprint density at radius 1 is 1.59 bits per heavy atom. The van der Waals surface area contributed by atoms with Crippen molar-refractivity contribution in [1.29, 1.82) is 0 Å². The van der Waals surface area contributed by atoms with Gasteiger partial charge in [-0.05, 0) is 53.5 Å². The summed E-state index contributed by atoms with van der Waals surface area (Å²) in [5.74, 6) is 0. The largest absolute Gasteiger partial charge is 0.376 e. The first kappa shape index (κ1) is 11.5. The van der Waals surface area contributed by atoms with Crippen LogP contribution in [0.1, 0.15) is 29.3 Å². The highest BCUT2D eigenvalue weighted by molar-refractivity contribution is 14.1. The minimum Gasteiger partial charge on any atom is -0.376 e. The predicted octanol–water partition coefficient (Wildman–Crippen LogP) is 3.58. The third kappa shape index (κ3) is 2.35. The second-order valence-corrected chi connectivity index (χ2v) is 7.45. The molecule has 3 rings (SSSR count). The van der Waals surface area contributed by atoms with E-state index >= 15 is 0 Å². The monoisotopic (exact) mass is 359 g/mol. The van der Waals surface area contributed by atoms with Crippen LogP contribution in [0.15, 0.2) is 18.5 Å². The molecule has 1 unspecified atom stereocenters. The summed E-state index contributed by atoms with van der Waals surface area (Å²) in [6, 6.07) is 2.79. The molecule has 1 aliphatic rings. The summed E-state index contributed by atoms with van der Waals surface area (Å²) in [6.07, 6.45) is 7.67. The lowest BCUT2D eigenvalue weighted by atomic mass is 9.94. The lowest BCUT2D eigenvalue weighted by Gasteiger charge is -2.23. The van der Waals surface area contributed by atoms with Crippen molar-refractivity contribution in [2.75, 3.05) is 5.32 Å². The quantitative estimate of drug-likeness (QED) is 0.831. The molecule has 0 aromatic carbocycles. The number of nitrogens with one attached hydrogen (secondary N) is 1. The fraction of sp³-hybridized carbons (Fsp3) is 0.417. The SMILES string of the molecule is Cn1cc(NC2CCCc3sc(I)cc32)cn1. The second kappa shape index (κ2) is 4.61. The molecule has 5 heteroatoms. The fourth-order valence-corrected chi connectivity index (χ4v) is 4.49. The standard InChI is InChI=1S/C12H14IN3S/c1-16-7-8(6-14-16)15-10-3-2-4-11-9(10)5-12(13)17-11/h5-7,10,15H,2-4H2,1H3. The Kier molecular flexibility index (Phi) is 3.12. The number of hydrogen-bond donors (Lipinski definition) is 1. The maximum Gasteiger partial charge on any atom is 0.0731 e. The first-order chi connectivity index (χ1) is 8.22. The molecule has 1 N–H and O–H groups in total. The van der Waals surface area contributed by atoms with Gasteiger partial charge in [0.05, 0.1) is 20.8 Å². The van der Waals surface area contributed by atoms with E-state index in [0.717, 1.165) is 5.69 Å². The van der Waals surface area contributed by atoms with Crippen molar-refractivity contribution in [1.82, 2.24) is 9.78 Å². The number of nitrogens with zero attached hydrogens (tertiary/aromatic N) is 2. The van der Waals surface area contributed by atoms with Crippen LogP contribution in [0, 0.1) is 2.88 Å². The summed E-state index contributed by atoms with van der Waals surface area (Å²) in [6.45, 7) is 0. The zero-order valence-corrected chi connectivity index (χ0v) is 12.6. The van der Waals surface area contributed by atoms with E-state index in [4.69, 9.17) is 0 Å². The first-order valence-corrected chi connectivity index (χ1v) is 7.65. The number of hydrogen-bond acceptors (Lipinski definition) is 3. The molecule has 1 atom stereocenters. The highest BCUT2D eigenvalue weighted by Gasteiger charge is 2.22. The van der Waals surface area contributed by atoms with Gasteiger partial charge in [0, 0.05) is 18.1 Å². The Balaban J connectivity index is 1.85. The van der Waals surface area contributed by atoms with Crippen LogP contribution in [0.5, 0.6) is 0 Å². The average molecular weight is 359 g/mol.